The maximum atomic E-state index is 11.3. The summed E-state index contributed by atoms with van der Waals surface area (Å²) in [6.45, 7) is 5.12. The van der Waals surface area contributed by atoms with Gasteiger partial charge in [0.05, 0.1) is 5.56 Å². The molecule has 0 bridgehead atoms. The van der Waals surface area contributed by atoms with Gasteiger partial charge in [-0.2, -0.15) is 0 Å². The Balaban J connectivity index is 2.97. The minimum atomic E-state index is -1.07. The summed E-state index contributed by atoms with van der Waals surface area (Å²) in [6.07, 6.45) is 0.785. The number of halogens is 1. The molecule has 0 heterocycles. The van der Waals surface area contributed by atoms with Crippen LogP contribution >= 0.6 is 15.9 Å². The Morgan fingerprint density at radius 2 is 2.22 bits per heavy atom. The number of amides is 1. The molecule has 5 nitrogen and oxygen atoms in total. The van der Waals surface area contributed by atoms with Gasteiger partial charge in [-0.25, -0.2) is 9.59 Å². The van der Waals surface area contributed by atoms with Gasteiger partial charge in [-0.15, -0.1) is 0 Å². The highest BCUT2D eigenvalue weighted by atomic mass is 79.9. The van der Waals surface area contributed by atoms with Crippen LogP contribution in [0.15, 0.2) is 29.3 Å². The van der Waals surface area contributed by atoms with E-state index in [0.717, 1.165) is 0 Å². The predicted octanol–water partition coefficient (Wildman–Crippen LogP) is 3.19. The molecule has 0 saturated heterocycles. The van der Waals surface area contributed by atoms with Crippen LogP contribution in [-0.2, 0) is 4.74 Å². The lowest BCUT2D eigenvalue weighted by Gasteiger charge is -2.11. The number of nitrogens with one attached hydrogen (secondary N) is 1. The van der Waals surface area contributed by atoms with Crippen molar-refractivity contribution in [3.8, 4) is 0 Å². The van der Waals surface area contributed by atoms with Crippen molar-refractivity contribution < 1.29 is 19.4 Å². The summed E-state index contributed by atoms with van der Waals surface area (Å²) in [5.74, 6) is -1.07. The van der Waals surface area contributed by atoms with Gasteiger partial charge in [0.1, 0.15) is 6.61 Å². The molecule has 18 heavy (non-hydrogen) atoms. The van der Waals surface area contributed by atoms with Crippen LogP contribution in [0.2, 0.25) is 0 Å². The third-order valence-electron chi connectivity index (χ3n) is 2.20. The second-order valence-electron chi connectivity index (χ2n) is 3.41. The first-order valence-corrected chi connectivity index (χ1v) is 5.83. The van der Waals surface area contributed by atoms with Gasteiger partial charge >= 0.3 is 12.1 Å². The maximum absolute atomic E-state index is 11.3. The number of rotatable bonds is 4. The zero-order chi connectivity index (χ0) is 13.7. The van der Waals surface area contributed by atoms with Crippen LogP contribution in [0, 0.1) is 6.92 Å². The van der Waals surface area contributed by atoms with E-state index < -0.39 is 12.1 Å². The van der Waals surface area contributed by atoms with Gasteiger partial charge in [-0.1, -0.05) is 12.7 Å². The molecule has 1 rings (SSSR count). The smallest absolute Gasteiger partial charge is 0.411 e. The zero-order valence-electron chi connectivity index (χ0n) is 9.70. The second kappa shape index (κ2) is 6.20. The average molecular weight is 314 g/mol. The van der Waals surface area contributed by atoms with Crippen molar-refractivity contribution in [2.75, 3.05) is 11.9 Å². The summed E-state index contributed by atoms with van der Waals surface area (Å²) >= 11 is 3.15. The summed E-state index contributed by atoms with van der Waals surface area (Å²) in [6, 6.07) is 3.15. The molecule has 1 amide bonds. The Morgan fingerprint density at radius 3 is 2.78 bits per heavy atom. The number of aromatic carboxylic acids is 1. The van der Waals surface area contributed by atoms with Crippen LogP contribution in [0.4, 0.5) is 10.5 Å². The summed E-state index contributed by atoms with van der Waals surface area (Å²) in [5, 5.41) is 11.5. The summed E-state index contributed by atoms with van der Waals surface area (Å²) in [4.78, 5) is 22.4. The number of hydrogen-bond donors (Lipinski definition) is 2. The molecule has 0 aromatic heterocycles. The van der Waals surface area contributed by atoms with E-state index in [1.54, 1.807) is 19.1 Å². The second-order valence-corrected chi connectivity index (χ2v) is 4.27. The van der Waals surface area contributed by atoms with Gasteiger partial charge in [-0.05, 0) is 40.5 Å². The van der Waals surface area contributed by atoms with Gasteiger partial charge in [-0.3, -0.25) is 5.32 Å². The molecular formula is C12H12BrNO4. The fraction of sp³-hybridized carbons (Fsp3) is 0.167. The molecular weight excluding hydrogens is 302 g/mol. The van der Waals surface area contributed by atoms with Crippen molar-refractivity contribution in [2.24, 2.45) is 0 Å². The molecule has 0 radical (unpaired) electrons. The van der Waals surface area contributed by atoms with Crippen molar-refractivity contribution in [3.05, 3.63) is 40.4 Å². The highest BCUT2D eigenvalue weighted by molar-refractivity contribution is 9.10. The van der Waals surface area contributed by atoms with E-state index in [4.69, 9.17) is 9.84 Å². The van der Waals surface area contributed by atoms with Crippen LogP contribution in [0.1, 0.15) is 15.9 Å². The summed E-state index contributed by atoms with van der Waals surface area (Å²) < 4.78 is 5.21. The number of carbonyl (C=O) groups excluding carboxylic acids is 1. The molecule has 0 aliphatic carbocycles. The minimum absolute atomic E-state index is 0.0905. The topological polar surface area (TPSA) is 75.6 Å². The Kier molecular flexibility index (Phi) is 4.91. The molecule has 0 unspecified atom stereocenters. The van der Waals surface area contributed by atoms with Crippen molar-refractivity contribution in [1.29, 1.82) is 0 Å². The van der Waals surface area contributed by atoms with E-state index >= 15 is 0 Å². The quantitative estimate of drug-likeness (QED) is 0.837. The van der Waals surface area contributed by atoms with Crippen LogP contribution in [-0.4, -0.2) is 23.8 Å². The fourth-order valence-corrected chi connectivity index (χ4v) is 1.96. The molecule has 0 aliphatic heterocycles. The standard InChI is InChI=1S/C12H12BrNO4/c1-3-6-18-12(17)14-9-5-4-8(13)10(7(9)2)11(15)16/h3-5H,1,6H2,2H3,(H,14,17)(H,15,16). The normalized spacial score (nSPS) is 9.67. The van der Waals surface area contributed by atoms with E-state index in [1.807, 2.05) is 0 Å². The number of hydrogen-bond acceptors (Lipinski definition) is 3. The van der Waals surface area contributed by atoms with Gasteiger partial charge in [0.25, 0.3) is 0 Å². The van der Waals surface area contributed by atoms with Gasteiger partial charge in [0.15, 0.2) is 0 Å². The van der Waals surface area contributed by atoms with E-state index in [9.17, 15) is 9.59 Å². The van der Waals surface area contributed by atoms with Crippen LogP contribution in [0.3, 0.4) is 0 Å². The Bertz CT molecular complexity index is 499. The number of anilines is 1. The molecule has 96 valence electrons. The number of carboxylic acid groups (broad SMARTS) is 1. The Labute approximate surface area is 113 Å². The van der Waals surface area contributed by atoms with E-state index in [2.05, 4.69) is 27.8 Å². The van der Waals surface area contributed by atoms with E-state index in [-0.39, 0.29) is 12.2 Å². The van der Waals surface area contributed by atoms with Crippen LogP contribution < -0.4 is 5.32 Å². The van der Waals surface area contributed by atoms with Crippen molar-refractivity contribution in [2.45, 2.75) is 6.92 Å². The van der Waals surface area contributed by atoms with Crippen molar-refractivity contribution in [1.82, 2.24) is 0 Å². The third kappa shape index (κ3) is 3.33. The highest BCUT2D eigenvalue weighted by Gasteiger charge is 2.16. The zero-order valence-corrected chi connectivity index (χ0v) is 11.3. The number of carbonyl (C=O) groups is 2. The molecule has 6 heteroatoms. The lowest BCUT2D eigenvalue weighted by molar-refractivity contribution is 0.0695. The Morgan fingerprint density at radius 1 is 1.56 bits per heavy atom. The molecule has 0 spiro atoms. The molecule has 1 aromatic carbocycles. The molecule has 0 fully saturated rings. The van der Waals surface area contributed by atoms with Crippen molar-refractivity contribution >= 4 is 33.7 Å². The van der Waals surface area contributed by atoms with Crippen LogP contribution in [0.5, 0.6) is 0 Å². The summed E-state index contributed by atoms with van der Waals surface area (Å²) in [7, 11) is 0. The van der Waals surface area contributed by atoms with Gasteiger partial charge in [0, 0.05) is 10.2 Å². The highest BCUT2D eigenvalue weighted by Crippen LogP contribution is 2.26. The lowest BCUT2D eigenvalue weighted by atomic mass is 10.1. The monoisotopic (exact) mass is 313 g/mol. The number of benzene rings is 1. The summed E-state index contributed by atoms with van der Waals surface area (Å²) in [5.41, 5.74) is 0.952. The van der Waals surface area contributed by atoms with Gasteiger partial charge in [0.2, 0.25) is 0 Å². The van der Waals surface area contributed by atoms with Gasteiger partial charge < -0.3 is 9.84 Å². The lowest BCUT2D eigenvalue weighted by Crippen LogP contribution is -2.15. The maximum Gasteiger partial charge on any atom is 0.411 e. The van der Waals surface area contributed by atoms with Crippen molar-refractivity contribution in [3.63, 3.8) is 0 Å². The fourth-order valence-electron chi connectivity index (χ4n) is 1.36. The molecule has 0 saturated carbocycles. The predicted molar refractivity (Wildman–Crippen MR) is 71.0 cm³/mol. The first kappa shape index (κ1) is 14.2. The average Bonchev–Trinajstić information content (AvgIpc) is 2.30. The SMILES string of the molecule is C=CCOC(=O)Nc1ccc(Br)c(C(=O)O)c1C. The molecule has 0 aliphatic rings. The van der Waals surface area contributed by atoms with E-state index in [0.29, 0.717) is 15.7 Å². The number of ether oxygens (including phenoxy) is 1. The number of carboxylic acids is 1. The third-order valence-corrected chi connectivity index (χ3v) is 2.86. The largest absolute Gasteiger partial charge is 0.478 e. The first-order chi connectivity index (χ1) is 8.47. The first-order valence-electron chi connectivity index (χ1n) is 5.04. The van der Waals surface area contributed by atoms with E-state index in [1.165, 1.54) is 6.08 Å². The van der Waals surface area contributed by atoms with Crippen LogP contribution in [0.25, 0.3) is 0 Å². The minimum Gasteiger partial charge on any atom is -0.478 e. The molecule has 0 atom stereocenters. The Hall–Kier alpha value is -1.82. The molecule has 2 N–H and O–H groups in total. The molecule has 1 aromatic rings.